The molecule has 0 N–H and O–H groups in total. The van der Waals surface area contributed by atoms with Crippen molar-refractivity contribution in [2.45, 2.75) is 0 Å². The van der Waals surface area contributed by atoms with Gasteiger partial charge in [0.2, 0.25) is 0 Å². The Hall–Kier alpha value is -4.07. The maximum Gasteiger partial charge on any atom is 1.00 e. The molecule has 9 nitrogen and oxygen atoms in total. The van der Waals surface area contributed by atoms with Crippen LogP contribution in [-0.4, -0.2) is 51.9 Å². The second-order valence-corrected chi connectivity index (χ2v) is 8.82. The fraction of sp³-hybridized carbons (Fsp3) is 0.138. The van der Waals surface area contributed by atoms with E-state index in [1.165, 1.54) is 6.07 Å². The number of hydrogen-bond donors (Lipinski definition) is 0. The van der Waals surface area contributed by atoms with Gasteiger partial charge < -0.3 is 19.5 Å². The summed E-state index contributed by atoms with van der Waals surface area (Å²) in [4.78, 5) is 23.3. The zero-order valence-electron chi connectivity index (χ0n) is 21.2. The van der Waals surface area contributed by atoms with Crippen molar-refractivity contribution in [3.05, 3.63) is 89.4 Å². The average Bonchev–Trinajstić information content (AvgIpc) is 3.34. The van der Waals surface area contributed by atoms with E-state index in [0.717, 1.165) is 35.7 Å². The quantitative estimate of drug-likeness (QED) is 0.299. The van der Waals surface area contributed by atoms with Crippen LogP contribution >= 0.6 is 0 Å². The summed E-state index contributed by atoms with van der Waals surface area (Å²) in [6, 6.07) is 19.9. The second-order valence-electron chi connectivity index (χ2n) is 8.82. The van der Waals surface area contributed by atoms with Crippen molar-refractivity contribution in [3.63, 3.8) is 0 Å². The van der Waals surface area contributed by atoms with E-state index in [9.17, 15) is 15.2 Å². The predicted molar refractivity (Wildman–Crippen MR) is 141 cm³/mol. The van der Waals surface area contributed by atoms with Crippen LogP contribution in [0.25, 0.3) is 40.0 Å². The molecule has 0 saturated carbocycles. The van der Waals surface area contributed by atoms with Gasteiger partial charge >= 0.3 is 29.6 Å². The van der Waals surface area contributed by atoms with Gasteiger partial charge in [-0.2, -0.15) is 10.4 Å². The van der Waals surface area contributed by atoms with Crippen molar-refractivity contribution in [2.24, 2.45) is 0 Å². The number of aromatic nitrogens is 4. The van der Waals surface area contributed by atoms with Crippen molar-refractivity contribution in [2.75, 3.05) is 31.2 Å². The minimum atomic E-state index is -1.24. The van der Waals surface area contributed by atoms with Gasteiger partial charge in [-0.3, -0.25) is 0 Å². The minimum Gasteiger partial charge on any atom is -0.545 e. The third-order valence-electron chi connectivity index (χ3n) is 6.55. The normalized spacial score (nSPS) is 13.5. The first-order valence-corrected chi connectivity index (χ1v) is 12.1. The van der Waals surface area contributed by atoms with Crippen LogP contribution in [0.2, 0.25) is 0 Å². The van der Waals surface area contributed by atoms with E-state index in [1.54, 1.807) is 42.6 Å². The zero-order valence-corrected chi connectivity index (χ0v) is 23.2. The van der Waals surface area contributed by atoms with E-state index >= 15 is 0 Å². The summed E-state index contributed by atoms with van der Waals surface area (Å²) in [6.45, 7) is 2.83. The molecule has 4 heterocycles. The third-order valence-corrected chi connectivity index (χ3v) is 6.55. The number of carbonyl (C=O) groups excluding carboxylic acids is 1. The fourth-order valence-corrected chi connectivity index (χ4v) is 4.70. The van der Waals surface area contributed by atoms with Gasteiger partial charge in [-0.25, -0.2) is 14.5 Å². The molecule has 186 valence electrons. The number of carboxylic acid groups (broad SMARTS) is 1. The third kappa shape index (κ3) is 5.15. The Kier molecular flexibility index (Phi) is 7.72. The molecule has 1 aliphatic rings. The number of nitrogens with zero attached hydrogens (tertiary/aromatic N) is 6. The molecule has 0 atom stereocenters. The minimum absolute atomic E-state index is 0. The molecule has 1 saturated heterocycles. The average molecular weight is 525 g/mol. The number of imidazole rings is 1. The summed E-state index contributed by atoms with van der Waals surface area (Å²) in [5.74, 6) is -1.24. The molecule has 0 spiro atoms. The molecule has 0 unspecified atom stereocenters. The predicted octanol–water partition coefficient (Wildman–Crippen LogP) is 0.191. The summed E-state index contributed by atoms with van der Waals surface area (Å²) >= 11 is 0. The number of anilines is 1. The van der Waals surface area contributed by atoms with Crippen molar-refractivity contribution < 1.29 is 44.2 Å². The smallest absolute Gasteiger partial charge is 0.545 e. The molecule has 5 aromatic rings. The van der Waals surface area contributed by atoms with E-state index in [0.29, 0.717) is 41.1 Å². The first kappa shape index (κ1) is 26.5. The largest absolute Gasteiger partial charge is 1.00 e. The van der Waals surface area contributed by atoms with Crippen LogP contribution in [0.1, 0.15) is 27.3 Å². The molecule has 39 heavy (non-hydrogen) atoms. The number of nitriles is 1. The summed E-state index contributed by atoms with van der Waals surface area (Å²) in [5, 5.41) is 25.8. The molecule has 6 rings (SSSR count). The number of pyridine rings is 1. The zero-order chi connectivity index (χ0) is 26.1. The van der Waals surface area contributed by atoms with Gasteiger partial charge in [0, 0.05) is 29.6 Å². The van der Waals surface area contributed by atoms with Crippen LogP contribution in [0.3, 0.4) is 0 Å². The Labute approximate surface area is 246 Å². The number of hydrogen-bond acceptors (Lipinski definition) is 8. The maximum atomic E-state index is 11.5. The molecule has 10 heteroatoms. The Balaban J connectivity index is 0.00000308. The standard InChI is InChI=1S/C29H22N6O3.Na/c30-18-19-4-6-20(7-5-19)27-25(33-28-26(12-13-31-35(27)28)34-14-16-38-17-15-34)11-9-21-8-10-22-23(29(36)37)2-1-3-24(22)32-21;/h1-13H,14-17H2,(H,36,37);/q;+1/p-1/b11-9+;. The van der Waals surface area contributed by atoms with Crippen LogP contribution in [0, 0.1) is 11.3 Å². The number of rotatable bonds is 5. The van der Waals surface area contributed by atoms with Crippen LogP contribution in [-0.2, 0) is 4.74 Å². The van der Waals surface area contributed by atoms with Gasteiger partial charge in [-0.15, -0.1) is 0 Å². The number of carboxylic acids is 1. The van der Waals surface area contributed by atoms with Gasteiger partial charge in [0.15, 0.2) is 5.65 Å². The van der Waals surface area contributed by atoms with Crippen LogP contribution in [0.4, 0.5) is 5.69 Å². The molecule has 0 radical (unpaired) electrons. The van der Waals surface area contributed by atoms with Gasteiger partial charge in [0.1, 0.15) is 5.69 Å². The molecular formula is C29H21N6NaO3. The van der Waals surface area contributed by atoms with Gasteiger partial charge in [-0.05, 0) is 42.5 Å². The SMILES string of the molecule is N#Cc1ccc(-c2c(/C=C/c3ccc4c(C(=O)[O-])cccc4n3)nc3c(N4CCOCC4)ccnn23)cc1.[Na+]. The number of aromatic carboxylic acids is 1. The topological polar surface area (TPSA) is 119 Å². The molecule has 2 aromatic carbocycles. The Morgan fingerprint density at radius 1 is 1.00 bits per heavy atom. The Morgan fingerprint density at radius 2 is 1.79 bits per heavy atom. The van der Waals surface area contributed by atoms with Crippen LogP contribution < -0.4 is 39.6 Å². The Bertz CT molecular complexity index is 1750. The summed E-state index contributed by atoms with van der Waals surface area (Å²) in [5.41, 5.74) is 5.92. The van der Waals surface area contributed by atoms with E-state index in [1.807, 2.05) is 34.9 Å². The van der Waals surface area contributed by atoms with Crippen molar-refractivity contribution in [1.82, 2.24) is 19.6 Å². The summed E-state index contributed by atoms with van der Waals surface area (Å²) in [7, 11) is 0. The monoisotopic (exact) mass is 524 g/mol. The number of fused-ring (bicyclic) bond motifs is 2. The molecule has 0 aliphatic carbocycles. The van der Waals surface area contributed by atoms with E-state index in [-0.39, 0.29) is 35.1 Å². The van der Waals surface area contributed by atoms with E-state index in [4.69, 9.17) is 9.72 Å². The first-order valence-electron chi connectivity index (χ1n) is 12.1. The van der Waals surface area contributed by atoms with Crippen LogP contribution in [0.15, 0.2) is 66.9 Å². The second kappa shape index (κ2) is 11.4. The number of carbonyl (C=O) groups is 1. The van der Waals surface area contributed by atoms with E-state index < -0.39 is 5.97 Å². The fourth-order valence-electron chi connectivity index (χ4n) is 4.70. The van der Waals surface area contributed by atoms with Crippen LogP contribution in [0.5, 0.6) is 0 Å². The van der Waals surface area contributed by atoms with Gasteiger partial charge in [-0.1, -0.05) is 30.3 Å². The molecule has 1 aliphatic heterocycles. The Morgan fingerprint density at radius 3 is 2.54 bits per heavy atom. The summed E-state index contributed by atoms with van der Waals surface area (Å²) < 4.78 is 7.35. The number of benzene rings is 2. The number of morpholine rings is 1. The molecular weight excluding hydrogens is 503 g/mol. The van der Waals surface area contributed by atoms with E-state index in [2.05, 4.69) is 21.1 Å². The van der Waals surface area contributed by atoms with Crippen molar-refractivity contribution >= 4 is 40.4 Å². The first-order chi connectivity index (χ1) is 18.6. The maximum absolute atomic E-state index is 11.5. The number of ether oxygens (including phenoxy) is 1. The van der Waals surface area contributed by atoms with Gasteiger partial charge in [0.25, 0.3) is 0 Å². The van der Waals surface area contributed by atoms with Crippen molar-refractivity contribution in [3.8, 4) is 17.3 Å². The molecule has 0 bridgehead atoms. The van der Waals surface area contributed by atoms with Crippen molar-refractivity contribution in [1.29, 1.82) is 5.26 Å². The van der Waals surface area contributed by atoms with Gasteiger partial charge in [0.05, 0.1) is 59.6 Å². The molecule has 0 amide bonds. The molecule has 3 aromatic heterocycles. The summed E-state index contributed by atoms with van der Waals surface area (Å²) in [6.07, 6.45) is 5.48. The molecule has 1 fully saturated rings.